The summed E-state index contributed by atoms with van der Waals surface area (Å²) < 4.78 is 31.7. The maximum absolute atomic E-state index is 13.2. The van der Waals surface area contributed by atoms with Gasteiger partial charge < -0.3 is 5.32 Å². The number of anilines is 2. The van der Waals surface area contributed by atoms with Gasteiger partial charge in [0.25, 0.3) is 21.5 Å². The molecule has 0 unspecified atom stereocenters. The van der Waals surface area contributed by atoms with E-state index in [0.717, 1.165) is 5.56 Å². The van der Waals surface area contributed by atoms with Crippen molar-refractivity contribution in [2.75, 3.05) is 10.0 Å². The highest BCUT2D eigenvalue weighted by molar-refractivity contribution is 7.92. The molecule has 1 aromatic heterocycles. The predicted molar refractivity (Wildman–Crippen MR) is 137 cm³/mol. The zero-order valence-corrected chi connectivity index (χ0v) is 20.8. The highest BCUT2D eigenvalue weighted by Crippen LogP contribution is 2.24. The summed E-state index contributed by atoms with van der Waals surface area (Å²) in [6.07, 6.45) is 0. The minimum absolute atomic E-state index is 0.0716. The normalized spacial score (nSPS) is 11.3. The summed E-state index contributed by atoms with van der Waals surface area (Å²) in [5.41, 5.74) is 1.92. The van der Waals surface area contributed by atoms with Gasteiger partial charge in [-0.15, -0.1) is 0 Å². The van der Waals surface area contributed by atoms with Crippen LogP contribution in [-0.2, 0) is 17.1 Å². The Balaban J connectivity index is 1.64. The number of sulfonamides is 1. The Kier molecular flexibility index (Phi) is 6.56. The van der Waals surface area contributed by atoms with Crippen LogP contribution in [0, 0.1) is 13.8 Å². The van der Waals surface area contributed by atoms with E-state index in [-0.39, 0.29) is 16.1 Å². The van der Waals surface area contributed by atoms with E-state index in [1.807, 2.05) is 13.0 Å². The summed E-state index contributed by atoms with van der Waals surface area (Å²) in [5, 5.41) is 3.06. The Morgan fingerprint density at radius 2 is 1.66 bits per heavy atom. The largest absolute Gasteiger partial charge is 0.321 e. The van der Waals surface area contributed by atoms with E-state index in [1.165, 1.54) is 28.9 Å². The van der Waals surface area contributed by atoms with Crippen molar-refractivity contribution in [1.82, 2.24) is 9.36 Å². The van der Waals surface area contributed by atoms with E-state index < -0.39 is 21.5 Å². The van der Waals surface area contributed by atoms with Gasteiger partial charge >= 0.3 is 0 Å². The van der Waals surface area contributed by atoms with Gasteiger partial charge in [-0.3, -0.25) is 19.0 Å². The fraction of sp³-hybridized carbons (Fsp3) is 0.120. The average Bonchev–Trinajstić information content (AvgIpc) is 3.04. The SMILES string of the molecule is Cc1ccc(NC(=O)c2cccc(S(=O)(=O)Nc3c(C)n(C)n(-c4ccccc4)c3=O)c2)c(Cl)c1. The zero-order chi connectivity index (χ0) is 25.3. The first-order valence-electron chi connectivity index (χ1n) is 10.6. The molecular weight excluding hydrogens is 488 g/mol. The molecule has 0 spiro atoms. The fourth-order valence-corrected chi connectivity index (χ4v) is 5.04. The van der Waals surface area contributed by atoms with Gasteiger partial charge in [-0.25, -0.2) is 13.1 Å². The van der Waals surface area contributed by atoms with E-state index in [0.29, 0.717) is 22.1 Å². The molecule has 4 rings (SSSR count). The number of para-hydroxylation sites is 1. The van der Waals surface area contributed by atoms with E-state index in [2.05, 4.69) is 10.0 Å². The Morgan fingerprint density at radius 3 is 2.34 bits per heavy atom. The van der Waals surface area contributed by atoms with Crippen LogP contribution in [0.1, 0.15) is 21.6 Å². The first-order valence-corrected chi connectivity index (χ1v) is 12.5. The lowest BCUT2D eigenvalue weighted by Gasteiger charge is -2.10. The fourth-order valence-electron chi connectivity index (χ4n) is 3.60. The van der Waals surface area contributed by atoms with Crippen molar-refractivity contribution >= 4 is 38.9 Å². The van der Waals surface area contributed by atoms with Gasteiger partial charge in [0.05, 0.1) is 27.0 Å². The number of nitrogens with zero attached hydrogens (tertiary/aromatic N) is 2. The van der Waals surface area contributed by atoms with Crippen LogP contribution in [0.4, 0.5) is 11.4 Å². The molecule has 0 saturated heterocycles. The summed E-state index contributed by atoms with van der Waals surface area (Å²) in [6.45, 7) is 3.52. The zero-order valence-electron chi connectivity index (χ0n) is 19.2. The highest BCUT2D eigenvalue weighted by Gasteiger charge is 2.23. The van der Waals surface area contributed by atoms with E-state index >= 15 is 0 Å². The molecule has 0 saturated carbocycles. The molecule has 0 fully saturated rings. The number of rotatable bonds is 6. The third kappa shape index (κ3) is 4.87. The Labute approximate surface area is 207 Å². The number of hydrogen-bond acceptors (Lipinski definition) is 4. The molecule has 0 atom stereocenters. The number of benzene rings is 3. The summed E-state index contributed by atoms with van der Waals surface area (Å²) >= 11 is 6.19. The molecule has 0 aliphatic carbocycles. The molecule has 35 heavy (non-hydrogen) atoms. The highest BCUT2D eigenvalue weighted by atomic mass is 35.5. The number of hydrogen-bond donors (Lipinski definition) is 2. The van der Waals surface area contributed by atoms with Crippen molar-refractivity contribution in [2.45, 2.75) is 18.7 Å². The first-order chi connectivity index (χ1) is 16.6. The topological polar surface area (TPSA) is 102 Å². The molecule has 10 heteroatoms. The van der Waals surface area contributed by atoms with Crippen molar-refractivity contribution in [3.8, 4) is 5.69 Å². The number of aryl methyl sites for hydroxylation is 1. The molecule has 2 N–H and O–H groups in total. The third-order valence-corrected chi connectivity index (χ3v) is 7.23. The Morgan fingerprint density at radius 1 is 0.943 bits per heavy atom. The monoisotopic (exact) mass is 510 g/mol. The molecule has 0 radical (unpaired) electrons. The van der Waals surface area contributed by atoms with Crippen LogP contribution >= 0.6 is 11.6 Å². The molecule has 1 amide bonds. The maximum atomic E-state index is 13.2. The Hall–Kier alpha value is -3.82. The molecule has 0 aliphatic rings. The quantitative estimate of drug-likeness (QED) is 0.398. The van der Waals surface area contributed by atoms with Gasteiger partial charge in [-0.05, 0) is 61.9 Å². The lowest BCUT2D eigenvalue weighted by Crippen LogP contribution is -2.23. The van der Waals surface area contributed by atoms with Gasteiger partial charge in [-0.1, -0.05) is 41.9 Å². The summed E-state index contributed by atoms with van der Waals surface area (Å²) in [6, 6.07) is 19.6. The molecule has 4 aromatic rings. The molecule has 1 heterocycles. The van der Waals surface area contributed by atoms with Crippen LogP contribution in [0.2, 0.25) is 5.02 Å². The first kappa shape index (κ1) is 24.3. The number of carbonyl (C=O) groups excluding carboxylic acids is 1. The average molecular weight is 511 g/mol. The molecule has 0 bridgehead atoms. The second-order valence-corrected chi connectivity index (χ2v) is 10.1. The number of amides is 1. The van der Waals surface area contributed by atoms with Crippen molar-refractivity contribution in [1.29, 1.82) is 0 Å². The molecule has 180 valence electrons. The van der Waals surface area contributed by atoms with E-state index in [9.17, 15) is 18.0 Å². The molecule has 0 aliphatic heterocycles. The number of carbonyl (C=O) groups is 1. The number of nitrogens with one attached hydrogen (secondary N) is 2. The minimum atomic E-state index is -4.17. The number of halogens is 1. The van der Waals surface area contributed by atoms with Crippen molar-refractivity contribution < 1.29 is 13.2 Å². The van der Waals surface area contributed by atoms with Crippen LogP contribution < -0.4 is 15.6 Å². The van der Waals surface area contributed by atoms with Gasteiger partial charge in [0.2, 0.25) is 0 Å². The van der Waals surface area contributed by atoms with Crippen molar-refractivity contribution in [2.24, 2.45) is 7.05 Å². The van der Waals surface area contributed by atoms with Crippen LogP contribution in [-0.4, -0.2) is 23.7 Å². The second kappa shape index (κ2) is 9.44. The van der Waals surface area contributed by atoms with Crippen LogP contribution in [0.15, 0.2) is 82.5 Å². The van der Waals surface area contributed by atoms with Gasteiger partial charge in [0, 0.05) is 12.6 Å². The summed E-state index contributed by atoms with van der Waals surface area (Å²) in [5.74, 6) is -0.518. The van der Waals surface area contributed by atoms with Crippen LogP contribution in [0.5, 0.6) is 0 Å². The van der Waals surface area contributed by atoms with E-state index in [1.54, 1.807) is 61.1 Å². The lowest BCUT2D eigenvalue weighted by molar-refractivity contribution is 0.102. The van der Waals surface area contributed by atoms with Crippen molar-refractivity contribution in [3.63, 3.8) is 0 Å². The maximum Gasteiger partial charge on any atom is 0.296 e. The van der Waals surface area contributed by atoms with Gasteiger partial charge in [-0.2, -0.15) is 0 Å². The molecular formula is C25H23ClN4O4S. The smallest absolute Gasteiger partial charge is 0.296 e. The summed E-state index contributed by atoms with van der Waals surface area (Å²) in [7, 11) is -2.50. The predicted octanol–water partition coefficient (Wildman–Crippen LogP) is 4.50. The minimum Gasteiger partial charge on any atom is -0.321 e. The van der Waals surface area contributed by atoms with E-state index in [4.69, 9.17) is 11.6 Å². The van der Waals surface area contributed by atoms with Crippen LogP contribution in [0.3, 0.4) is 0 Å². The van der Waals surface area contributed by atoms with Gasteiger partial charge in [0.15, 0.2) is 0 Å². The summed E-state index contributed by atoms with van der Waals surface area (Å²) in [4.78, 5) is 25.7. The van der Waals surface area contributed by atoms with Gasteiger partial charge in [0.1, 0.15) is 5.69 Å². The number of aromatic nitrogens is 2. The standard InChI is InChI=1S/C25H23ClN4O4S/c1-16-12-13-22(21(26)14-16)27-24(31)18-8-7-11-20(15-18)35(33,34)28-23-17(2)29(3)30(25(23)32)19-9-5-4-6-10-19/h4-15,28H,1-3H3,(H,27,31). The van der Waals surface area contributed by atoms with Crippen LogP contribution in [0.25, 0.3) is 5.69 Å². The second-order valence-electron chi connectivity index (χ2n) is 8.01. The van der Waals surface area contributed by atoms with Crippen molar-refractivity contribution in [3.05, 3.63) is 105 Å². The lowest BCUT2D eigenvalue weighted by atomic mass is 10.2. The Bertz CT molecular complexity index is 1590. The molecule has 3 aromatic carbocycles. The third-order valence-electron chi connectivity index (χ3n) is 5.57. The molecule has 8 nitrogen and oxygen atoms in total.